The minimum absolute atomic E-state index is 0.0476. The maximum atomic E-state index is 13.2. The average Bonchev–Trinajstić information content (AvgIpc) is 2.49. The van der Waals surface area contributed by atoms with Crippen molar-refractivity contribution in [2.24, 2.45) is 0 Å². The highest BCUT2D eigenvalue weighted by molar-refractivity contribution is 6.04. The van der Waals surface area contributed by atoms with E-state index >= 15 is 0 Å². The van der Waals surface area contributed by atoms with Crippen molar-refractivity contribution in [1.82, 2.24) is 5.32 Å². The second-order valence-electron chi connectivity index (χ2n) is 4.68. The van der Waals surface area contributed by atoms with Gasteiger partial charge in [0, 0.05) is 17.3 Å². The predicted octanol–water partition coefficient (Wildman–Crippen LogP) is 3.50. The van der Waals surface area contributed by atoms with Crippen LogP contribution in [0.4, 0.5) is 14.5 Å². The number of carbonyl (C=O) groups is 1. The molecule has 0 fully saturated rings. The van der Waals surface area contributed by atoms with Crippen molar-refractivity contribution in [3.63, 3.8) is 0 Å². The topological polar surface area (TPSA) is 41.1 Å². The van der Waals surface area contributed by atoms with Crippen molar-refractivity contribution in [1.29, 1.82) is 0 Å². The molecule has 0 heterocycles. The SMILES string of the molecule is CNC(C)c1ccccc1NC(=O)c1ccc(F)c(F)c1. The van der Waals surface area contributed by atoms with Gasteiger partial charge in [-0.05, 0) is 43.8 Å². The molecule has 0 aliphatic heterocycles. The Balaban J connectivity index is 2.25. The highest BCUT2D eigenvalue weighted by Crippen LogP contribution is 2.23. The number of hydrogen-bond acceptors (Lipinski definition) is 2. The Morgan fingerprint density at radius 1 is 1.10 bits per heavy atom. The van der Waals surface area contributed by atoms with Gasteiger partial charge in [-0.3, -0.25) is 4.79 Å². The first-order valence-electron chi connectivity index (χ1n) is 6.55. The highest BCUT2D eigenvalue weighted by Gasteiger charge is 2.13. The molecule has 3 nitrogen and oxygen atoms in total. The summed E-state index contributed by atoms with van der Waals surface area (Å²) >= 11 is 0. The fourth-order valence-corrected chi connectivity index (χ4v) is 1.98. The fourth-order valence-electron chi connectivity index (χ4n) is 1.98. The Hall–Kier alpha value is -2.27. The van der Waals surface area contributed by atoms with E-state index in [0.717, 1.165) is 17.7 Å². The standard InChI is InChI=1S/C16H16F2N2O/c1-10(19-2)12-5-3-4-6-15(12)20-16(21)11-7-8-13(17)14(18)9-11/h3-10,19H,1-2H3,(H,20,21). The number of halogens is 2. The molecule has 2 aromatic carbocycles. The molecule has 0 saturated carbocycles. The molecule has 5 heteroatoms. The second-order valence-corrected chi connectivity index (χ2v) is 4.68. The van der Waals surface area contributed by atoms with Crippen molar-refractivity contribution in [2.45, 2.75) is 13.0 Å². The summed E-state index contributed by atoms with van der Waals surface area (Å²) in [5, 5.41) is 5.81. The smallest absolute Gasteiger partial charge is 0.255 e. The zero-order chi connectivity index (χ0) is 15.4. The third-order valence-corrected chi connectivity index (χ3v) is 3.29. The zero-order valence-electron chi connectivity index (χ0n) is 11.8. The van der Waals surface area contributed by atoms with Crippen LogP contribution in [0.3, 0.4) is 0 Å². The van der Waals surface area contributed by atoms with Crippen LogP contribution < -0.4 is 10.6 Å². The third kappa shape index (κ3) is 3.44. The van der Waals surface area contributed by atoms with Crippen LogP contribution in [0.2, 0.25) is 0 Å². The summed E-state index contributed by atoms with van der Waals surface area (Å²) in [6.45, 7) is 1.96. The molecular formula is C16H16F2N2O. The molecule has 0 radical (unpaired) electrons. The van der Waals surface area contributed by atoms with Crippen LogP contribution in [0.5, 0.6) is 0 Å². The Morgan fingerprint density at radius 2 is 1.81 bits per heavy atom. The molecule has 0 spiro atoms. The van der Waals surface area contributed by atoms with Gasteiger partial charge in [0.2, 0.25) is 0 Å². The van der Waals surface area contributed by atoms with Crippen LogP contribution in [0.15, 0.2) is 42.5 Å². The summed E-state index contributed by atoms with van der Waals surface area (Å²) in [5.74, 6) is -2.50. The lowest BCUT2D eigenvalue weighted by Gasteiger charge is -2.16. The number of amides is 1. The molecule has 0 aliphatic carbocycles. The Kier molecular flexibility index (Phi) is 4.65. The van der Waals surface area contributed by atoms with Gasteiger partial charge in [-0.15, -0.1) is 0 Å². The molecule has 2 rings (SSSR count). The first-order valence-corrected chi connectivity index (χ1v) is 6.55. The van der Waals surface area contributed by atoms with E-state index in [1.165, 1.54) is 6.07 Å². The molecule has 2 N–H and O–H groups in total. The molecule has 0 aliphatic rings. The molecule has 0 saturated heterocycles. The maximum absolute atomic E-state index is 13.2. The average molecular weight is 290 g/mol. The highest BCUT2D eigenvalue weighted by atomic mass is 19.2. The predicted molar refractivity (Wildman–Crippen MR) is 78.2 cm³/mol. The quantitative estimate of drug-likeness (QED) is 0.905. The van der Waals surface area contributed by atoms with Crippen molar-refractivity contribution >= 4 is 11.6 Å². The van der Waals surface area contributed by atoms with Crippen LogP contribution in [0.25, 0.3) is 0 Å². The van der Waals surface area contributed by atoms with E-state index < -0.39 is 17.5 Å². The van der Waals surface area contributed by atoms with Gasteiger partial charge in [0.1, 0.15) is 0 Å². The van der Waals surface area contributed by atoms with Crippen molar-refractivity contribution in [3.8, 4) is 0 Å². The molecule has 1 atom stereocenters. The van der Waals surface area contributed by atoms with Gasteiger partial charge in [0.25, 0.3) is 5.91 Å². The van der Waals surface area contributed by atoms with Gasteiger partial charge in [-0.1, -0.05) is 18.2 Å². The lowest BCUT2D eigenvalue weighted by atomic mass is 10.1. The molecular weight excluding hydrogens is 274 g/mol. The second kappa shape index (κ2) is 6.45. The fraction of sp³-hybridized carbons (Fsp3) is 0.188. The summed E-state index contributed by atoms with van der Waals surface area (Å²) in [4.78, 5) is 12.1. The lowest BCUT2D eigenvalue weighted by molar-refractivity contribution is 0.102. The zero-order valence-corrected chi connectivity index (χ0v) is 11.8. The summed E-state index contributed by atoms with van der Waals surface area (Å²) < 4.78 is 26.1. The number of para-hydroxylation sites is 1. The first-order chi connectivity index (χ1) is 10.0. The minimum atomic E-state index is -1.04. The number of hydrogen-bond donors (Lipinski definition) is 2. The minimum Gasteiger partial charge on any atom is -0.322 e. The van der Waals surface area contributed by atoms with Crippen molar-refractivity contribution in [3.05, 3.63) is 65.2 Å². The largest absolute Gasteiger partial charge is 0.322 e. The van der Waals surface area contributed by atoms with Crippen molar-refractivity contribution < 1.29 is 13.6 Å². The molecule has 0 aromatic heterocycles. The normalized spacial score (nSPS) is 12.0. The number of nitrogens with one attached hydrogen (secondary N) is 2. The molecule has 21 heavy (non-hydrogen) atoms. The van der Waals surface area contributed by atoms with Gasteiger partial charge < -0.3 is 10.6 Å². The van der Waals surface area contributed by atoms with E-state index in [-0.39, 0.29) is 11.6 Å². The van der Waals surface area contributed by atoms with E-state index in [4.69, 9.17) is 0 Å². The number of carbonyl (C=O) groups excluding carboxylic acids is 1. The Bertz CT molecular complexity index is 658. The van der Waals surface area contributed by atoms with E-state index in [0.29, 0.717) is 5.69 Å². The lowest BCUT2D eigenvalue weighted by Crippen LogP contribution is -2.18. The van der Waals surface area contributed by atoms with E-state index in [1.807, 2.05) is 26.1 Å². The van der Waals surface area contributed by atoms with Crippen LogP contribution in [0.1, 0.15) is 28.9 Å². The van der Waals surface area contributed by atoms with Crippen LogP contribution in [0, 0.1) is 11.6 Å². The summed E-state index contributed by atoms with van der Waals surface area (Å²) in [6.07, 6.45) is 0. The van der Waals surface area contributed by atoms with E-state index in [2.05, 4.69) is 10.6 Å². The Labute approximate surface area is 122 Å². The monoisotopic (exact) mass is 290 g/mol. The number of anilines is 1. The first kappa shape index (κ1) is 15.1. The van der Waals surface area contributed by atoms with Crippen LogP contribution in [-0.2, 0) is 0 Å². The molecule has 110 valence electrons. The summed E-state index contributed by atoms with van der Waals surface area (Å²) in [6, 6.07) is 10.4. The van der Waals surface area contributed by atoms with Crippen molar-refractivity contribution in [2.75, 3.05) is 12.4 Å². The van der Waals surface area contributed by atoms with E-state index in [9.17, 15) is 13.6 Å². The van der Waals surface area contributed by atoms with Gasteiger partial charge in [0.05, 0.1) is 0 Å². The van der Waals surface area contributed by atoms with Crippen LogP contribution in [-0.4, -0.2) is 13.0 Å². The maximum Gasteiger partial charge on any atom is 0.255 e. The van der Waals surface area contributed by atoms with Gasteiger partial charge in [-0.25, -0.2) is 8.78 Å². The molecule has 2 aromatic rings. The molecule has 0 bridgehead atoms. The summed E-state index contributed by atoms with van der Waals surface area (Å²) in [7, 11) is 1.82. The Morgan fingerprint density at radius 3 is 2.48 bits per heavy atom. The van der Waals surface area contributed by atoms with Crippen LogP contribution >= 0.6 is 0 Å². The molecule has 1 unspecified atom stereocenters. The van der Waals surface area contributed by atoms with Gasteiger partial charge >= 0.3 is 0 Å². The number of rotatable bonds is 4. The number of benzene rings is 2. The van der Waals surface area contributed by atoms with Gasteiger partial charge in [-0.2, -0.15) is 0 Å². The van der Waals surface area contributed by atoms with Gasteiger partial charge in [0.15, 0.2) is 11.6 Å². The summed E-state index contributed by atoms with van der Waals surface area (Å²) in [5.41, 5.74) is 1.62. The molecule has 1 amide bonds. The third-order valence-electron chi connectivity index (χ3n) is 3.29. The van der Waals surface area contributed by atoms with E-state index in [1.54, 1.807) is 12.1 Å².